The van der Waals surface area contributed by atoms with Crippen LogP contribution in [0.1, 0.15) is 52.4 Å². The Morgan fingerprint density at radius 2 is 1.03 bits per heavy atom. The normalized spacial score (nSPS) is 14.1. The van der Waals surface area contributed by atoms with E-state index in [-0.39, 0.29) is 0 Å². The Morgan fingerprint density at radius 1 is 0.508 bits per heavy atom. The third-order valence-corrected chi connectivity index (χ3v) is 12.5. The molecule has 2 saturated heterocycles. The molecule has 0 atom stereocenters. The van der Waals surface area contributed by atoms with E-state index in [2.05, 4.69) is 105 Å². The zero-order chi connectivity index (χ0) is 44.3. The molecule has 2 aromatic carbocycles. The van der Waals surface area contributed by atoms with E-state index in [1.165, 1.54) is 60.7 Å². The van der Waals surface area contributed by atoms with Gasteiger partial charge in [-0.05, 0) is 117 Å². The van der Waals surface area contributed by atoms with Crippen molar-refractivity contribution in [3.63, 3.8) is 0 Å². The number of anilines is 3. The van der Waals surface area contributed by atoms with E-state index in [4.69, 9.17) is 9.97 Å². The van der Waals surface area contributed by atoms with E-state index in [9.17, 15) is 0 Å². The summed E-state index contributed by atoms with van der Waals surface area (Å²) in [6, 6.07) is 31.6. The number of pyridine rings is 4. The van der Waals surface area contributed by atoms with Crippen LogP contribution in [-0.4, -0.2) is 90.6 Å². The first kappa shape index (κ1) is 41.5. The minimum Gasteiger partial charge on any atom is -0.376 e. The maximum absolute atomic E-state index is 4.98. The molecule has 0 unspecified atom stereocenters. The monoisotopic (exact) mass is 861 g/mol. The first-order valence-corrected chi connectivity index (χ1v) is 23.0. The van der Waals surface area contributed by atoms with Gasteiger partial charge in [0.25, 0.3) is 0 Å². The van der Waals surface area contributed by atoms with Crippen LogP contribution in [-0.2, 0) is 0 Å². The summed E-state index contributed by atoms with van der Waals surface area (Å²) in [5.74, 6) is 0. The topological polar surface area (TPSA) is 150 Å². The van der Waals surface area contributed by atoms with Gasteiger partial charge in [0.1, 0.15) is 22.4 Å². The number of aromatic amines is 4. The maximum Gasteiger partial charge on any atom is 0.135 e. The molecule has 2 fully saturated rings. The summed E-state index contributed by atoms with van der Waals surface area (Å²) in [6.45, 7) is 8.49. The number of hydrogen-bond donors (Lipinski definition) is 4. The van der Waals surface area contributed by atoms with Gasteiger partial charge in [-0.25, -0.2) is 9.97 Å². The van der Waals surface area contributed by atoms with E-state index in [0.29, 0.717) is 0 Å². The van der Waals surface area contributed by atoms with Crippen molar-refractivity contribution >= 4 is 60.9 Å². The second-order valence-electron chi connectivity index (χ2n) is 16.8. The number of nitrogens with one attached hydrogen (secondary N) is 4. The van der Waals surface area contributed by atoms with Crippen molar-refractivity contribution < 1.29 is 0 Å². The smallest absolute Gasteiger partial charge is 0.135 e. The molecule has 0 spiro atoms. The zero-order valence-corrected chi connectivity index (χ0v) is 37.6. The quantitative estimate of drug-likeness (QED) is 0.123. The molecule has 65 heavy (non-hydrogen) atoms. The van der Waals surface area contributed by atoms with E-state index in [0.717, 1.165) is 110 Å². The van der Waals surface area contributed by atoms with Crippen molar-refractivity contribution in [1.29, 1.82) is 0 Å². The summed E-state index contributed by atoms with van der Waals surface area (Å²) in [7, 11) is 4.03. The third kappa shape index (κ3) is 8.25. The summed E-state index contributed by atoms with van der Waals surface area (Å²) in [5, 5.41) is 18.0. The molecule has 13 nitrogen and oxygen atoms in total. The number of benzene rings is 2. The Labute approximate surface area is 378 Å². The summed E-state index contributed by atoms with van der Waals surface area (Å²) in [4.78, 5) is 32.7. The summed E-state index contributed by atoms with van der Waals surface area (Å²) >= 11 is 0. The molecular weight excluding hydrogens is 807 g/mol. The Bertz CT molecular complexity index is 3200. The lowest BCUT2D eigenvalue weighted by molar-refractivity contribution is 0.579. The first-order chi connectivity index (χ1) is 32.0. The maximum atomic E-state index is 4.98. The highest BCUT2D eigenvalue weighted by Gasteiger charge is 2.20. The average Bonchev–Trinajstić information content (AvgIpc) is 4.20. The third-order valence-electron chi connectivity index (χ3n) is 12.5. The van der Waals surface area contributed by atoms with Crippen LogP contribution in [0.15, 0.2) is 116 Å². The van der Waals surface area contributed by atoms with Crippen molar-refractivity contribution in [2.45, 2.75) is 52.4 Å². The predicted molar refractivity (Wildman–Crippen MR) is 267 cm³/mol. The van der Waals surface area contributed by atoms with Crippen LogP contribution in [0.25, 0.3) is 89.2 Å². The van der Waals surface area contributed by atoms with Gasteiger partial charge in [-0.15, -0.1) is 0 Å². The number of rotatable bonds is 7. The molecule has 10 heterocycles. The highest BCUT2D eigenvalue weighted by atomic mass is 15.2. The van der Waals surface area contributed by atoms with Crippen LogP contribution in [0.4, 0.5) is 17.1 Å². The second kappa shape index (κ2) is 18.3. The molecule has 0 amide bonds. The van der Waals surface area contributed by atoms with Gasteiger partial charge in [0.2, 0.25) is 0 Å². The molecule has 13 heteroatoms. The van der Waals surface area contributed by atoms with Gasteiger partial charge in [0, 0.05) is 103 Å². The van der Waals surface area contributed by atoms with Gasteiger partial charge >= 0.3 is 0 Å². The fourth-order valence-corrected chi connectivity index (χ4v) is 9.18. The lowest BCUT2D eigenvalue weighted by atomic mass is 10.1. The van der Waals surface area contributed by atoms with Crippen LogP contribution in [0.2, 0.25) is 0 Å². The Morgan fingerprint density at radius 3 is 1.54 bits per heavy atom. The highest BCUT2D eigenvalue weighted by Crippen LogP contribution is 2.37. The Kier molecular flexibility index (Phi) is 11.7. The van der Waals surface area contributed by atoms with Crippen LogP contribution < -0.4 is 14.7 Å². The molecule has 328 valence electrons. The molecule has 12 rings (SSSR count). The SMILES string of the molecule is CC.CN(C)c1cncc(-c2ccc3[nH]nc(-c4cc5c(N6CCCCC6)cccc5[nH]4)c3n2)c1.c1cncc(-c2ccc3[nH]nc(-c4cc5c(N6CCCCC6)cccc5[nH]4)c3n2)c1. The minimum absolute atomic E-state index is 0.837. The van der Waals surface area contributed by atoms with Crippen LogP contribution in [0.3, 0.4) is 0 Å². The molecule has 10 aromatic rings. The van der Waals surface area contributed by atoms with Crippen molar-refractivity contribution in [3.05, 3.63) is 116 Å². The van der Waals surface area contributed by atoms with Crippen molar-refractivity contribution in [2.75, 3.05) is 55.0 Å². The van der Waals surface area contributed by atoms with Crippen molar-refractivity contribution in [3.8, 4) is 45.3 Å². The summed E-state index contributed by atoms with van der Waals surface area (Å²) in [6.07, 6.45) is 15.0. The van der Waals surface area contributed by atoms with E-state index in [1.54, 1.807) is 6.20 Å². The molecule has 2 aliphatic rings. The molecule has 2 aliphatic heterocycles. The number of piperidine rings is 2. The minimum atomic E-state index is 0.837. The van der Waals surface area contributed by atoms with E-state index >= 15 is 0 Å². The van der Waals surface area contributed by atoms with Crippen LogP contribution in [0, 0.1) is 0 Å². The molecule has 8 aromatic heterocycles. The van der Waals surface area contributed by atoms with Crippen molar-refractivity contribution in [1.82, 2.24) is 50.3 Å². The average molecular weight is 862 g/mol. The molecule has 4 N–H and O–H groups in total. The number of hydrogen-bond acceptors (Lipinski definition) is 9. The Hall–Kier alpha value is -7.54. The Balaban J connectivity index is 0.000000148. The molecule has 0 radical (unpaired) electrons. The summed E-state index contributed by atoms with van der Waals surface area (Å²) < 4.78 is 0. The lowest BCUT2D eigenvalue weighted by Crippen LogP contribution is -2.29. The fraction of sp³-hybridized carbons (Fsp3) is 0.269. The molecule has 0 saturated carbocycles. The van der Waals surface area contributed by atoms with Crippen molar-refractivity contribution in [2.24, 2.45) is 0 Å². The van der Waals surface area contributed by atoms with Gasteiger partial charge in [-0.2, -0.15) is 10.2 Å². The van der Waals surface area contributed by atoms with Gasteiger partial charge in [-0.3, -0.25) is 20.2 Å². The molecular formula is C52H55N13. The standard InChI is InChI=1S/C26H27N7.C24H22N6.C2H6/c1-32(2)18-13-17(15-27-16-18)20-9-10-22-25(29-20)26(31-30-22)23-14-19-21(28-23)7-6-8-24(19)33-11-4-3-5-12-33;1-2-12-30(13-3-1)22-8-4-7-19-17(22)14-21(26-19)24-23-20(28-29-24)10-9-18(27-23)16-6-5-11-25-15-16;1-2/h6-10,13-16,28H,3-5,11-12H2,1-2H3,(H,30,31);4-11,14-15,26H,1-3,12-13H2,(H,28,29);1-2H3. The van der Waals surface area contributed by atoms with Crippen LogP contribution in [0.5, 0.6) is 0 Å². The highest BCUT2D eigenvalue weighted by molar-refractivity contribution is 6.00. The van der Waals surface area contributed by atoms with Gasteiger partial charge in [0.15, 0.2) is 0 Å². The largest absolute Gasteiger partial charge is 0.376 e. The predicted octanol–water partition coefficient (Wildman–Crippen LogP) is 11.4. The van der Waals surface area contributed by atoms with E-state index < -0.39 is 0 Å². The lowest BCUT2D eigenvalue weighted by Gasteiger charge is -2.29. The first-order valence-electron chi connectivity index (χ1n) is 23.0. The number of nitrogens with zero attached hydrogens (tertiary/aromatic N) is 9. The fourth-order valence-electron chi connectivity index (χ4n) is 9.18. The summed E-state index contributed by atoms with van der Waals surface area (Å²) in [5.41, 5.74) is 16.9. The number of fused-ring (bicyclic) bond motifs is 4. The number of aromatic nitrogens is 10. The van der Waals surface area contributed by atoms with E-state index in [1.807, 2.05) is 87.8 Å². The van der Waals surface area contributed by atoms with Crippen LogP contribution >= 0.6 is 0 Å². The second-order valence-corrected chi connectivity index (χ2v) is 16.8. The van der Waals surface area contributed by atoms with Gasteiger partial charge < -0.3 is 24.7 Å². The number of H-pyrrole nitrogens is 4. The molecule has 0 bridgehead atoms. The van der Waals surface area contributed by atoms with Gasteiger partial charge in [-0.1, -0.05) is 26.0 Å². The molecule has 0 aliphatic carbocycles. The van der Waals surface area contributed by atoms with Gasteiger partial charge in [0.05, 0.1) is 45.7 Å². The zero-order valence-electron chi connectivity index (χ0n) is 37.6.